The molecule has 2 amide bonds. The van der Waals surface area contributed by atoms with Crippen LogP contribution < -0.4 is 5.32 Å². The van der Waals surface area contributed by atoms with Gasteiger partial charge in [-0.25, -0.2) is 4.79 Å². The van der Waals surface area contributed by atoms with Gasteiger partial charge in [0.2, 0.25) is 0 Å². The predicted octanol–water partition coefficient (Wildman–Crippen LogP) is 2.43. The zero-order valence-corrected chi connectivity index (χ0v) is 12.2. The fourth-order valence-corrected chi connectivity index (χ4v) is 1.80. The van der Waals surface area contributed by atoms with Gasteiger partial charge in [0.05, 0.1) is 0 Å². The maximum atomic E-state index is 11.8. The van der Waals surface area contributed by atoms with Crippen molar-refractivity contribution in [1.82, 2.24) is 10.2 Å². The van der Waals surface area contributed by atoms with Crippen molar-refractivity contribution in [2.75, 3.05) is 13.1 Å². The minimum Gasteiger partial charge on any atom is -0.480 e. The van der Waals surface area contributed by atoms with Crippen LogP contribution in [0.3, 0.4) is 0 Å². The number of benzene rings is 1. The first-order valence-corrected chi connectivity index (χ1v) is 6.77. The Balaban J connectivity index is 2.53. The molecule has 1 rings (SSSR count). The number of carboxylic acid groups (broad SMARTS) is 1. The molecule has 0 radical (unpaired) electrons. The molecule has 0 saturated heterocycles. The van der Waals surface area contributed by atoms with Crippen molar-refractivity contribution in [2.24, 2.45) is 0 Å². The number of amides is 2. The molecule has 0 heterocycles. The number of likely N-dealkylation sites (N-methyl/N-ethyl adjacent to an activating group) is 1. The Kier molecular flexibility index (Phi) is 6.03. The quantitative estimate of drug-likeness (QED) is 0.839. The average Bonchev–Trinajstić information content (AvgIpc) is 2.42. The number of carbonyl (C=O) groups is 2. The van der Waals surface area contributed by atoms with Crippen LogP contribution in [0.1, 0.15) is 37.8 Å². The standard InChI is InChI=1S/C15H22N2O3/c1-4-17(10-14(18)19)15(20)16-9-12-5-7-13(8-6-12)11(2)3/h5-8,11H,4,9-10H2,1-3H3,(H,16,20)(H,18,19). The molecule has 0 unspecified atom stereocenters. The Hall–Kier alpha value is -2.04. The van der Waals surface area contributed by atoms with E-state index in [1.54, 1.807) is 6.92 Å². The molecule has 110 valence electrons. The van der Waals surface area contributed by atoms with Crippen LogP contribution in [0.2, 0.25) is 0 Å². The van der Waals surface area contributed by atoms with Gasteiger partial charge in [-0.2, -0.15) is 0 Å². The summed E-state index contributed by atoms with van der Waals surface area (Å²) in [6.45, 7) is 6.48. The zero-order chi connectivity index (χ0) is 15.1. The van der Waals surface area contributed by atoms with Crippen LogP contribution in [-0.2, 0) is 11.3 Å². The van der Waals surface area contributed by atoms with Gasteiger partial charge in [0.15, 0.2) is 0 Å². The molecule has 0 aromatic heterocycles. The number of aliphatic carboxylic acids is 1. The van der Waals surface area contributed by atoms with Gasteiger partial charge in [-0.3, -0.25) is 4.79 Å². The van der Waals surface area contributed by atoms with Crippen LogP contribution in [0, 0.1) is 0 Å². The minimum absolute atomic E-state index is 0.283. The van der Waals surface area contributed by atoms with Crippen molar-refractivity contribution in [1.29, 1.82) is 0 Å². The highest BCUT2D eigenvalue weighted by atomic mass is 16.4. The molecule has 0 aliphatic heterocycles. The number of carbonyl (C=O) groups excluding carboxylic acids is 1. The van der Waals surface area contributed by atoms with E-state index in [4.69, 9.17) is 5.11 Å². The van der Waals surface area contributed by atoms with Gasteiger partial charge in [-0.05, 0) is 24.0 Å². The van der Waals surface area contributed by atoms with Gasteiger partial charge in [0.1, 0.15) is 6.54 Å². The molecule has 1 aromatic rings. The fraction of sp³-hybridized carbons (Fsp3) is 0.467. The van der Waals surface area contributed by atoms with Crippen molar-refractivity contribution in [2.45, 2.75) is 33.2 Å². The van der Waals surface area contributed by atoms with Gasteiger partial charge in [-0.15, -0.1) is 0 Å². The molecule has 0 spiro atoms. The van der Waals surface area contributed by atoms with E-state index in [1.165, 1.54) is 10.5 Å². The van der Waals surface area contributed by atoms with E-state index in [0.29, 0.717) is 19.0 Å². The van der Waals surface area contributed by atoms with E-state index < -0.39 is 5.97 Å². The van der Waals surface area contributed by atoms with E-state index in [-0.39, 0.29) is 12.6 Å². The molecule has 2 N–H and O–H groups in total. The molecule has 1 aromatic carbocycles. The number of rotatable bonds is 6. The lowest BCUT2D eigenvalue weighted by atomic mass is 10.0. The average molecular weight is 278 g/mol. The molecule has 0 aliphatic carbocycles. The molecule has 0 aliphatic rings. The lowest BCUT2D eigenvalue weighted by molar-refractivity contribution is -0.137. The smallest absolute Gasteiger partial charge is 0.323 e. The van der Waals surface area contributed by atoms with Crippen LogP contribution in [0.5, 0.6) is 0 Å². The molecule has 0 saturated carbocycles. The summed E-state index contributed by atoms with van der Waals surface area (Å²) in [7, 11) is 0. The molecule has 5 nitrogen and oxygen atoms in total. The van der Waals surface area contributed by atoms with Crippen molar-refractivity contribution in [3.8, 4) is 0 Å². The zero-order valence-electron chi connectivity index (χ0n) is 12.2. The van der Waals surface area contributed by atoms with Crippen molar-refractivity contribution in [3.63, 3.8) is 0 Å². The topological polar surface area (TPSA) is 69.6 Å². The Morgan fingerprint density at radius 3 is 2.30 bits per heavy atom. The SMILES string of the molecule is CCN(CC(=O)O)C(=O)NCc1ccc(C(C)C)cc1. The maximum absolute atomic E-state index is 11.8. The molecular weight excluding hydrogens is 256 g/mol. The largest absolute Gasteiger partial charge is 0.480 e. The monoisotopic (exact) mass is 278 g/mol. The Labute approximate surface area is 119 Å². The van der Waals surface area contributed by atoms with Crippen LogP contribution in [0.4, 0.5) is 4.79 Å². The molecule has 0 bridgehead atoms. The number of hydrogen-bond donors (Lipinski definition) is 2. The molecule has 20 heavy (non-hydrogen) atoms. The normalized spacial score (nSPS) is 10.4. The third-order valence-corrected chi connectivity index (χ3v) is 3.09. The molecule has 0 fully saturated rings. The minimum atomic E-state index is -1.01. The summed E-state index contributed by atoms with van der Waals surface area (Å²) in [6.07, 6.45) is 0. The fourth-order valence-electron chi connectivity index (χ4n) is 1.80. The number of nitrogens with zero attached hydrogens (tertiary/aromatic N) is 1. The summed E-state index contributed by atoms with van der Waals surface area (Å²) in [5.41, 5.74) is 2.25. The lowest BCUT2D eigenvalue weighted by Crippen LogP contribution is -2.42. The Bertz CT molecular complexity index is 455. The summed E-state index contributed by atoms with van der Waals surface area (Å²) < 4.78 is 0. The first-order valence-electron chi connectivity index (χ1n) is 6.77. The third-order valence-electron chi connectivity index (χ3n) is 3.09. The highest BCUT2D eigenvalue weighted by molar-refractivity contribution is 5.80. The van der Waals surface area contributed by atoms with Gasteiger partial charge in [0, 0.05) is 13.1 Å². The number of nitrogens with one attached hydrogen (secondary N) is 1. The summed E-state index contributed by atoms with van der Waals surface area (Å²) in [4.78, 5) is 23.7. The first kappa shape index (κ1) is 16.0. The second kappa shape index (κ2) is 7.53. The highest BCUT2D eigenvalue weighted by Gasteiger charge is 2.14. The van der Waals surface area contributed by atoms with Crippen LogP contribution in [0.15, 0.2) is 24.3 Å². The second-order valence-corrected chi connectivity index (χ2v) is 4.96. The van der Waals surface area contributed by atoms with Gasteiger partial charge >= 0.3 is 12.0 Å². The first-order chi connectivity index (χ1) is 9.43. The Morgan fingerprint density at radius 1 is 1.25 bits per heavy atom. The van der Waals surface area contributed by atoms with Gasteiger partial charge < -0.3 is 15.3 Å². The van der Waals surface area contributed by atoms with Crippen LogP contribution in [0.25, 0.3) is 0 Å². The summed E-state index contributed by atoms with van der Waals surface area (Å²) in [5, 5.41) is 11.4. The molecular formula is C15H22N2O3. The number of carboxylic acids is 1. The lowest BCUT2D eigenvalue weighted by Gasteiger charge is -2.19. The molecule has 0 atom stereocenters. The number of hydrogen-bond acceptors (Lipinski definition) is 2. The molecule has 5 heteroatoms. The van der Waals surface area contributed by atoms with Gasteiger partial charge in [0.25, 0.3) is 0 Å². The van der Waals surface area contributed by atoms with E-state index in [9.17, 15) is 9.59 Å². The maximum Gasteiger partial charge on any atom is 0.323 e. The second-order valence-electron chi connectivity index (χ2n) is 4.96. The van der Waals surface area contributed by atoms with E-state index in [1.807, 2.05) is 24.3 Å². The number of urea groups is 1. The van der Waals surface area contributed by atoms with E-state index >= 15 is 0 Å². The summed E-state index contributed by atoms with van der Waals surface area (Å²) >= 11 is 0. The third kappa shape index (κ3) is 4.91. The van der Waals surface area contributed by atoms with Gasteiger partial charge in [-0.1, -0.05) is 38.1 Å². The predicted molar refractivity (Wildman–Crippen MR) is 77.6 cm³/mol. The van der Waals surface area contributed by atoms with Crippen molar-refractivity contribution >= 4 is 12.0 Å². The van der Waals surface area contributed by atoms with Crippen molar-refractivity contribution < 1.29 is 14.7 Å². The summed E-state index contributed by atoms with van der Waals surface area (Å²) in [6, 6.07) is 7.68. The van der Waals surface area contributed by atoms with Crippen LogP contribution >= 0.6 is 0 Å². The summed E-state index contributed by atoms with van der Waals surface area (Å²) in [5.74, 6) is -0.534. The highest BCUT2D eigenvalue weighted by Crippen LogP contribution is 2.14. The van der Waals surface area contributed by atoms with E-state index in [0.717, 1.165) is 5.56 Å². The Morgan fingerprint density at radius 2 is 1.85 bits per heavy atom. The van der Waals surface area contributed by atoms with Crippen molar-refractivity contribution in [3.05, 3.63) is 35.4 Å². The van der Waals surface area contributed by atoms with Crippen LogP contribution in [-0.4, -0.2) is 35.1 Å². The van der Waals surface area contributed by atoms with E-state index in [2.05, 4.69) is 19.2 Å².